The number of fused-ring (bicyclic) bond motifs is 1. The number of nitrogens with one attached hydrogen (secondary N) is 1. The highest BCUT2D eigenvalue weighted by atomic mass is 19.1. The number of nitrogens with zero attached hydrogens (tertiary/aromatic N) is 2. The fraction of sp³-hybridized carbons (Fsp3) is 0.323. The van der Waals surface area contributed by atoms with Crippen molar-refractivity contribution in [2.75, 3.05) is 0 Å². The number of halogens is 1. The van der Waals surface area contributed by atoms with Crippen LogP contribution in [-0.2, 0) is 6.54 Å². The van der Waals surface area contributed by atoms with Gasteiger partial charge in [0.25, 0.3) is 11.5 Å². The first kappa shape index (κ1) is 25.6. The zero-order chi connectivity index (χ0) is 26.6. The van der Waals surface area contributed by atoms with Crippen molar-refractivity contribution in [2.45, 2.75) is 64.6 Å². The van der Waals surface area contributed by atoms with Crippen LogP contribution < -0.4 is 15.6 Å². The third-order valence-corrected chi connectivity index (χ3v) is 6.92. The van der Waals surface area contributed by atoms with Gasteiger partial charge in [-0.15, -0.1) is 0 Å². The summed E-state index contributed by atoms with van der Waals surface area (Å²) in [6.45, 7) is 4.14. The van der Waals surface area contributed by atoms with Gasteiger partial charge in [-0.05, 0) is 74.2 Å². The average Bonchev–Trinajstić information content (AvgIpc) is 2.91. The van der Waals surface area contributed by atoms with Crippen LogP contribution in [0.1, 0.15) is 61.9 Å². The van der Waals surface area contributed by atoms with E-state index < -0.39 is 5.56 Å². The molecule has 0 spiro atoms. The molecule has 0 bridgehead atoms. The Kier molecular flexibility index (Phi) is 7.54. The van der Waals surface area contributed by atoms with Crippen molar-refractivity contribution in [2.24, 2.45) is 0 Å². The second kappa shape index (κ2) is 11.2. The van der Waals surface area contributed by atoms with Gasteiger partial charge in [0.1, 0.15) is 22.8 Å². The van der Waals surface area contributed by atoms with E-state index >= 15 is 0 Å². The Balaban J connectivity index is 1.56. The lowest BCUT2D eigenvalue weighted by Gasteiger charge is -2.23. The average molecular weight is 514 g/mol. The van der Waals surface area contributed by atoms with E-state index in [9.17, 15) is 14.0 Å². The van der Waals surface area contributed by atoms with Crippen LogP contribution in [0, 0.1) is 5.82 Å². The Morgan fingerprint density at radius 3 is 2.42 bits per heavy atom. The van der Waals surface area contributed by atoms with Crippen molar-refractivity contribution < 1.29 is 13.9 Å². The molecule has 1 amide bonds. The van der Waals surface area contributed by atoms with Crippen LogP contribution in [0.3, 0.4) is 0 Å². The number of benzene rings is 2. The zero-order valence-electron chi connectivity index (χ0n) is 21.7. The van der Waals surface area contributed by atoms with E-state index in [4.69, 9.17) is 4.74 Å². The monoisotopic (exact) mass is 513 g/mol. The van der Waals surface area contributed by atoms with E-state index in [1.165, 1.54) is 23.1 Å². The highest BCUT2D eigenvalue weighted by molar-refractivity contribution is 5.97. The van der Waals surface area contributed by atoms with Crippen LogP contribution in [-0.4, -0.2) is 27.6 Å². The standard InChI is InChI=1S/C31H32FN3O3/c1-20(2)38-27-14-10-22(11-15-27)24-16-23-17-28(30(36)34-26-6-4-3-5-7-26)31(37)35(29(23)33-18-24)19-21-8-12-25(32)13-9-21/h8-18,20,26H,3-7,19H2,1-2H3,(H,34,36). The summed E-state index contributed by atoms with van der Waals surface area (Å²) in [6, 6.07) is 17.4. The molecule has 7 heteroatoms. The third kappa shape index (κ3) is 5.77. The van der Waals surface area contributed by atoms with Crippen molar-refractivity contribution in [3.8, 4) is 16.9 Å². The van der Waals surface area contributed by atoms with Gasteiger partial charge in [0.15, 0.2) is 0 Å². The number of ether oxygens (including phenoxy) is 1. The fourth-order valence-corrected chi connectivity index (χ4v) is 5.01. The molecular formula is C31H32FN3O3. The van der Waals surface area contributed by atoms with Gasteiger partial charge < -0.3 is 10.1 Å². The van der Waals surface area contributed by atoms with Gasteiger partial charge in [0, 0.05) is 23.2 Å². The minimum absolute atomic E-state index is 0.0768. The molecule has 2 aromatic heterocycles. The first-order chi connectivity index (χ1) is 18.4. The number of rotatable bonds is 7. The molecule has 2 aromatic carbocycles. The van der Waals surface area contributed by atoms with E-state index in [-0.39, 0.29) is 36.0 Å². The summed E-state index contributed by atoms with van der Waals surface area (Å²) in [4.78, 5) is 31.5. The van der Waals surface area contributed by atoms with Crippen molar-refractivity contribution in [1.82, 2.24) is 14.9 Å². The largest absolute Gasteiger partial charge is 0.491 e. The summed E-state index contributed by atoms with van der Waals surface area (Å²) in [6.07, 6.45) is 6.97. The predicted molar refractivity (Wildman–Crippen MR) is 147 cm³/mol. The molecule has 6 nitrogen and oxygen atoms in total. The maximum Gasteiger partial charge on any atom is 0.265 e. The van der Waals surface area contributed by atoms with Gasteiger partial charge >= 0.3 is 0 Å². The SMILES string of the molecule is CC(C)Oc1ccc(-c2cnc3c(c2)cc(C(=O)NC2CCCCC2)c(=O)n3Cc2ccc(F)cc2)cc1. The number of pyridine rings is 2. The Morgan fingerprint density at radius 1 is 1.03 bits per heavy atom. The summed E-state index contributed by atoms with van der Waals surface area (Å²) in [5.41, 5.74) is 2.69. The summed E-state index contributed by atoms with van der Waals surface area (Å²) >= 11 is 0. The number of hydrogen-bond acceptors (Lipinski definition) is 4. The lowest BCUT2D eigenvalue weighted by atomic mass is 9.95. The van der Waals surface area contributed by atoms with E-state index in [0.717, 1.165) is 48.1 Å². The highest BCUT2D eigenvalue weighted by Crippen LogP contribution is 2.26. The van der Waals surface area contributed by atoms with E-state index in [1.54, 1.807) is 24.4 Å². The van der Waals surface area contributed by atoms with Crippen LogP contribution in [0.25, 0.3) is 22.2 Å². The van der Waals surface area contributed by atoms with Crippen molar-refractivity contribution in [3.05, 3.63) is 94.2 Å². The number of hydrogen-bond donors (Lipinski definition) is 1. The molecule has 5 rings (SSSR count). The summed E-state index contributed by atoms with van der Waals surface area (Å²) in [5.74, 6) is 0.0729. The van der Waals surface area contributed by atoms with E-state index in [2.05, 4.69) is 10.3 Å². The first-order valence-electron chi connectivity index (χ1n) is 13.2. The molecule has 0 atom stereocenters. The quantitative estimate of drug-likeness (QED) is 0.324. The molecule has 1 saturated carbocycles. The topological polar surface area (TPSA) is 73.2 Å². The molecule has 1 aliphatic rings. The minimum atomic E-state index is -0.412. The van der Waals surface area contributed by atoms with Crippen LogP contribution in [0.15, 0.2) is 71.7 Å². The van der Waals surface area contributed by atoms with E-state index in [1.807, 2.05) is 44.2 Å². The summed E-state index contributed by atoms with van der Waals surface area (Å²) < 4.78 is 20.8. The van der Waals surface area contributed by atoms with Crippen molar-refractivity contribution >= 4 is 16.9 Å². The Labute approximate surface area is 221 Å². The number of amides is 1. The molecule has 196 valence electrons. The molecule has 38 heavy (non-hydrogen) atoms. The van der Waals surface area contributed by atoms with Gasteiger partial charge in [-0.2, -0.15) is 0 Å². The van der Waals surface area contributed by atoms with Crippen LogP contribution in [0.2, 0.25) is 0 Å². The number of aromatic nitrogens is 2. The highest BCUT2D eigenvalue weighted by Gasteiger charge is 2.21. The number of carbonyl (C=O) groups is 1. The Hall–Kier alpha value is -4.00. The molecule has 4 aromatic rings. The minimum Gasteiger partial charge on any atom is -0.491 e. The molecule has 1 N–H and O–H groups in total. The first-order valence-corrected chi connectivity index (χ1v) is 13.2. The van der Waals surface area contributed by atoms with Crippen LogP contribution in [0.4, 0.5) is 4.39 Å². The Bertz CT molecular complexity index is 1490. The van der Waals surface area contributed by atoms with Gasteiger partial charge in [-0.3, -0.25) is 14.2 Å². The maximum absolute atomic E-state index is 13.6. The molecule has 0 unspecified atom stereocenters. The summed E-state index contributed by atoms with van der Waals surface area (Å²) in [5, 5.41) is 3.75. The molecule has 0 radical (unpaired) electrons. The molecule has 2 heterocycles. The van der Waals surface area contributed by atoms with Gasteiger partial charge in [-0.1, -0.05) is 43.5 Å². The fourth-order valence-electron chi connectivity index (χ4n) is 5.01. The number of carbonyl (C=O) groups excluding carboxylic acids is 1. The lowest BCUT2D eigenvalue weighted by Crippen LogP contribution is -2.40. The van der Waals surface area contributed by atoms with Gasteiger partial charge in [-0.25, -0.2) is 9.37 Å². The van der Waals surface area contributed by atoms with Gasteiger partial charge in [0.05, 0.1) is 12.6 Å². The van der Waals surface area contributed by atoms with Crippen molar-refractivity contribution in [1.29, 1.82) is 0 Å². The maximum atomic E-state index is 13.6. The summed E-state index contributed by atoms with van der Waals surface area (Å²) in [7, 11) is 0. The molecule has 1 aliphatic carbocycles. The zero-order valence-corrected chi connectivity index (χ0v) is 21.7. The van der Waals surface area contributed by atoms with Crippen LogP contribution >= 0.6 is 0 Å². The smallest absolute Gasteiger partial charge is 0.265 e. The lowest BCUT2D eigenvalue weighted by molar-refractivity contribution is 0.0926. The van der Waals surface area contributed by atoms with Crippen molar-refractivity contribution in [3.63, 3.8) is 0 Å². The third-order valence-electron chi connectivity index (χ3n) is 6.92. The molecule has 0 aliphatic heterocycles. The predicted octanol–water partition coefficient (Wildman–Crippen LogP) is 6.10. The van der Waals surface area contributed by atoms with E-state index in [0.29, 0.717) is 11.0 Å². The van der Waals surface area contributed by atoms with Gasteiger partial charge in [0.2, 0.25) is 0 Å². The Morgan fingerprint density at radius 2 is 1.74 bits per heavy atom. The second-order valence-electron chi connectivity index (χ2n) is 10.2. The normalized spacial score (nSPS) is 14.1. The molecular weight excluding hydrogens is 481 g/mol. The second-order valence-corrected chi connectivity index (χ2v) is 10.2. The molecule has 1 fully saturated rings. The molecule has 0 saturated heterocycles. The van der Waals surface area contributed by atoms with Crippen LogP contribution in [0.5, 0.6) is 5.75 Å².